The topological polar surface area (TPSA) is 53.9 Å². The van der Waals surface area contributed by atoms with Gasteiger partial charge in [0.2, 0.25) is 11.8 Å². The molecule has 0 bridgehead atoms. The lowest BCUT2D eigenvalue weighted by Gasteiger charge is -2.28. The number of amides is 1. The largest absolute Gasteiger partial charge is 0.477 e. The van der Waals surface area contributed by atoms with Crippen LogP contribution in [0.2, 0.25) is 0 Å². The first-order valence-electron chi connectivity index (χ1n) is 8.47. The van der Waals surface area contributed by atoms with Gasteiger partial charge in [-0.3, -0.25) is 4.79 Å². The number of fused-ring (bicyclic) bond motifs is 2. The first-order chi connectivity index (χ1) is 11.1. The molecule has 1 aromatic carbocycles. The van der Waals surface area contributed by atoms with Crippen LogP contribution in [0.4, 0.5) is 11.4 Å². The van der Waals surface area contributed by atoms with Gasteiger partial charge >= 0.3 is 0 Å². The Morgan fingerprint density at radius 3 is 2.83 bits per heavy atom. The minimum absolute atomic E-state index is 0.0118. The van der Waals surface area contributed by atoms with Crippen molar-refractivity contribution in [1.82, 2.24) is 4.90 Å². The molecule has 1 fully saturated rings. The average molecular weight is 315 g/mol. The molecule has 124 valence electrons. The Hall–Kier alpha value is -1.88. The Morgan fingerprint density at radius 2 is 2.09 bits per heavy atom. The van der Waals surface area contributed by atoms with E-state index in [1.807, 2.05) is 31.2 Å². The van der Waals surface area contributed by atoms with E-state index in [9.17, 15) is 4.79 Å². The third-order valence-corrected chi connectivity index (χ3v) is 4.92. The van der Waals surface area contributed by atoms with Crippen LogP contribution in [-0.4, -0.2) is 42.4 Å². The molecule has 0 aromatic heterocycles. The standard InChI is InChI=1S/C18H25N3O2/c1-4-21(5-2)11-10-18-12-13(3)23-17(18)20-15-9-7-6-8-14(15)19-16(18)22/h6-9,13H,4-5,10-12H2,1-3H3,(H,19,22). The zero-order chi connectivity index (χ0) is 16.4. The normalized spacial score (nSPS) is 26.0. The molecule has 2 heterocycles. The molecule has 0 aliphatic carbocycles. The van der Waals surface area contributed by atoms with Crippen LogP contribution in [0.25, 0.3) is 0 Å². The Morgan fingerprint density at radius 1 is 1.35 bits per heavy atom. The van der Waals surface area contributed by atoms with Crippen molar-refractivity contribution in [2.24, 2.45) is 10.4 Å². The minimum atomic E-state index is -0.652. The Balaban J connectivity index is 1.95. The van der Waals surface area contributed by atoms with Crippen LogP contribution in [0.5, 0.6) is 0 Å². The van der Waals surface area contributed by atoms with Gasteiger partial charge in [-0.2, -0.15) is 0 Å². The lowest BCUT2D eigenvalue weighted by molar-refractivity contribution is -0.122. The van der Waals surface area contributed by atoms with Crippen LogP contribution >= 0.6 is 0 Å². The number of hydrogen-bond acceptors (Lipinski definition) is 4. The van der Waals surface area contributed by atoms with E-state index in [-0.39, 0.29) is 12.0 Å². The molecule has 1 saturated heterocycles. The second kappa shape index (κ2) is 6.32. The molecular weight excluding hydrogens is 290 g/mol. The summed E-state index contributed by atoms with van der Waals surface area (Å²) >= 11 is 0. The van der Waals surface area contributed by atoms with E-state index >= 15 is 0 Å². The molecule has 2 atom stereocenters. The maximum Gasteiger partial charge on any atom is 0.240 e. The van der Waals surface area contributed by atoms with Crippen molar-refractivity contribution in [3.63, 3.8) is 0 Å². The highest BCUT2D eigenvalue weighted by Crippen LogP contribution is 2.44. The van der Waals surface area contributed by atoms with E-state index in [1.54, 1.807) is 0 Å². The first-order valence-corrected chi connectivity index (χ1v) is 8.47. The smallest absolute Gasteiger partial charge is 0.240 e. The SMILES string of the molecule is CCN(CC)CCC12CC(C)OC1=Nc1ccccc1NC2=O. The third kappa shape index (κ3) is 2.85. The van der Waals surface area contributed by atoms with Crippen molar-refractivity contribution >= 4 is 23.2 Å². The quantitative estimate of drug-likeness (QED) is 0.908. The highest BCUT2D eigenvalue weighted by molar-refractivity contribution is 6.15. The van der Waals surface area contributed by atoms with E-state index < -0.39 is 5.41 Å². The summed E-state index contributed by atoms with van der Waals surface area (Å²) in [5, 5.41) is 3.06. The summed E-state index contributed by atoms with van der Waals surface area (Å²) in [6.07, 6.45) is 1.44. The average Bonchev–Trinajstić information content (AvgIpc) is 2.81. The molecule has 0 spiro atoms. The first kappa shape index (κ1) is 16.0. The number of nitrogens with zero attached hydrogens (tertiary/aromatic N) is 2. The number of hydrogen-bond donors (Lipinski definition) is 1. The molecule has 3 rings (SSSR count). The van der Waals surface area contributed by atoms with E-state index in [2.05, 4.69) is 24.1 Å². The van der Waals surface area contributed by atoms with Gasteiger partial charge in [0.1, 0.15) is 5.41 Å². The molecule has 1 amide bonds. The predicted molar refractivity (Wildman–Crippen MR) is 92.2 cm³/mol. The van der Waals surface area contributed by atoms with Crippen LogP contribution in [-0.2, 0) is 9.53 Å². The van der Waals surface area contributed by atoms with Crippen molar-refractivity contribution in [3.8, 4) is 0 Å². The fraction of sp³-hybridized carbons (Fsp3) is 0.556. The minimum Gasteiger partial charge on any atom is -0.477 e. The van der Waals surface area contributed by atoms with Crippen molar-refractivity contribution < 1.29 is 9.53 Å². The molecule has 2 aliphatic heterocycles. The molecule has 2 aliphatic rings. The number of carbonyl (C=O) groups excluding carboxylic acids is 1. The Kier molecular flexibility index (Phi) is 4.39. The van der Waals surface area contributed by atoms with E-state index in [1.165, 1.54) is 0 Å². The maximum atomic E-state index is 13.0. The number of nitrogens with one attached hydrogen (secondary N) is 1. The molecule has 1 N–H and O–H groups in total. The molecule has 5 heteroatoms. The van der Waals surface area contributed by atoms with Gasteiger partial charge < -0.3 is 15.0 Å². The summed E-state index contributed by atoms with van der Waals surface area (Å²) in [6.45, 7) is 9.13. The molecule has 0 radical (unpaired) electrons. The second-order valence-corrected chi connectivity index (χ2v) is 6.38. The van der Waals surface area contributed by atoms with Crippen molar-refractivity contribution in [2.75, 3.05) is 25.0 Å². The van der Waals surface area contributed by atoms with Crippen molar-refractivity contribution in [1.29, 1.82) is 0 Å². The highest BCUT2D eigenvalue weighted by Gasteiger charge is 2.52. The van der Waals surface area contributed by atoms with Crippen LogP contribution in [0.3, 0.4) is 0 Å². The van der Waals surface area contributed by atoms with Gasteiger partial charge in [0.15, 0.2) is 0 Å². The number of rotatable bonds is 5. The lowest BCUT2D eigenvalue weighted by atomic mass is 9.80. The van der Waals surface area contributed by atoms with Crippen molar-refractivity contribution in [2.45, 2.75) is 39.7 Å². The summed E-state index contributed by atoms with van der Waals surface area (Å²) in [5.74, 6) is 0.595. The summed E-state index contributed by atoms with van der Waals surface area (Å²) in [4.78, 5) is 20.1. The fourth-order valence-corrected chi connectivity index (χ4v) is 3.49. The Bertz CT molecular complexity index is 624. The van der Waals surface area contributed by atoms with Crippen LogP contribution in [0.15, 0.2) is 29.3 Å². The number of benzene rings is 1. The number of para-hydroxylation sites is 2. The van der Waals surface area contributed by atoms with Gasteiger partial charge in [-0.25, -0.2) is 4.99 Å². The number of anilines is 1. The maximum absolute atomic E-state index is 13.0. The fourth-order valence-electron chi connectivity index (χ4n) is 3.49. The van der Waals surface area contributed by atoms with Gasteiger partial charge in [-0.1, -0.05) is 26.0 Å². The van der Waals surface area contributed by atoms with E-state index in [0.29, 0.717) is 12.3 Å². The third-order valence-electron chi connectivity index (χ3n) is 4.92. The molecule has 23 heavy (non-hydrogen) atoms. The molecule has 5 nitrogen and oxygen atoms in total. The lowest BCUT2D eigenvalue weighted by Crippen LogP contribution is -2.42. The van der Waals surface area contributed by atoms with Gasteiger partial charge in [0.05, 0.1) is 17.5 Å². The summed E-state index contributed by atoms with van der Waals surface area (Å²) in [6, 6.07) is 7.64. The number of aliphatic imine (C=N–C) groups is 1. The summed E-state index contributed by atoms with van der Waals surface area (Å²) < 4.78 is 5.95. The van der Waals surface area contributed by atoms with E-state index in [4.69, 9.17) is 9.73 Å². The van der Waals surface area contributed by atoms with Gasteiger partial charge in [0.25, 0.3) is 0 Å². The Labute approximate surface area is 137 Å². The number of ether oxygens (including phenoxy) is 1. The monoisotopic (exact) mass is 315 g/mol. The predicted octanol–water partition coefficient (Wildman–Crippen LogP) is 3.20. The second-order valence-electron chi connectivity index (χ2n) is 6.38. The van der Waals surface area contributed by atoms with Crippen LogP contribution < -0.4 is 5.32 Å². The van der Waals surface area contributed by atoms with E-state index in [0.717, 1.165) is 37.4 Å². The molecule has 1 aromatic rings. The van der Waals surface area contributed by atoms with Crippen LogP contribution in [0.1, 0.15) is 33.6 Å². The van der Waals surface area contributed by atoms with Crippen LogP contribution in [0, 0.1) is 5.41 Å². The van der Waals surface area contributed by atoms with Gasteiger partial charge in [-0.05, 0) is 45.1 Å². The highest BCUT2D eigenvalue weighted by atomic mass is 16.5. The van der Waals surface area contributed by atoms with Gasteiger partial charge in [-0.15, -0.1) is 0 Å². The van der Waals surface area contributed by atoms with Gasteiger partial charge in [0, 0.05) is 6.42 Å². The zero-order valence-electron chi connectivity index (χ0n) is 14.1. The molecular formula is C18H25N3O2. The summed E-state index contributed by atoms with van der Waals surface area (Å²) in [5.41, 5.74) is 0.883. The zero-order valence-corrected chi connectivity index (χ0v) is 14.1. The molecule has 2 unspecified atom stereocenters. The molecule has 0 saturated carbocycles. The summed E-state index contributed by atoms with van der Waals surface area (Å²) in [7, 11) is 0. The number of carbonyl (C=O) groups is 1. The van der Waals surface area contributed by atoms with Crippen molar-refractivity contribution in [3.05, 3.63) is 24.3 Å².